The second-order valence-electron chi connectivity index (χ2n) is 2.54. The molecule has 1 aliphatic carbocycles. The van der Waals surface area contributed by atoms with Gasteiger partial charge >= 0.3 is 0 Å². The van der Waals surface area contributed by atoms with Gasteiger partial charge in [-0.15, -0.1) is 0 Å². The van der Waals surface area contributed by atoms with Crippen molar-refractivity contribution in [3.63, 3.8) is 0 Å². The van der Waals surface area contributed by atoms with Crippen LogP contribution in [0.3, 0.4) is 0 Å². The number of carbonyl (C=O) groups is 1. The molecule has 0 aromatic rings. The highest BCUT2D eigenvalue weighted by Gasteiger charge is 2.29. The van der Waals surface area contributed by atoms with Crippen molar-refractivity contribution < 1.29 is 9.90 Å². The van der Waals surface area contributed by atoms with Gasteiger partial charge in [-0.2, -0.15) is 0 Å². The summed E-state index contributed by atoms with van der Waals surface area (Å²) < 4.78 is 0. The second-order valence-corrected chi connectivity index (χ2v) is 2.54. The van der Waals surface area contributed by atoms with Gasteiger partial charge in [-0.25, -0.2) is 0 Å². The summed E-state index contributed by atoms with van der Waals surface area (Å²) in [6.45, 7) is 1.80. The van der Waals surface area contributed by atoms with Crippen LogP contribution in [0.2, 0.25) is 0 Å². The van der Waals surface area contributed by atoms with Gasteiger partial charge in [-0.3, -0.25) is 4.79 Å². The van der Waals surface area contributed by atoms with Gasteiger partial charge in [0.15, 0.2) is 6.29 Å². The fourth-order valence-electron chi connectivity index (χ4n) is 0.893. The molecule has 0 aromatic heterocycles. The molecule has 10 heavy (non-hydrogen) atoms. The number of hydrogen-bond donors (Lipinski definition) is 1. The smallest absolute Gasteiger partial charge is 0.156 e. The lowest BCUT2D eigenvalue weighted by atomic mass is 9.87. The number of aliphatic hydroxyl groups is 1. The molecule has 0 saturated heterocycles. The summed E-state index contributed by atoms with van der Waals surface area (Å²) in [6.07, 6.45) is 7.37. The normalized spacial score (nSPS) is 38.0. The van der Waals surface area contributed by atoms with E-state index in [2.05, 4.69) is 0 Å². The molecule has 0 fully saturated rings. The number of allylic oxidation sites excluding steroid dienone is 2. The van der Waals surface area contributed by atoms with Crippen LogP contribution in [0.4, 0.5) is 0 Å². The van der Waals surface area contributed by atoms with E-state index < -0.39 is 5.60 Å². The Morgan fingerprint density at radius 3 is 2.70 bits per heavy atom. The summed E-state index contributed by atoms with van der Waals surface area (Å²) in [4.78, 5) is 10.4. The van der Waals surface area contributed by atoms with Gasteiger partial charge in [-0.1, -0.05) is 25.2 Å². The fourth-order valence-corrected chi connectivity index (χ4v) is 0.893. The maximum absolute atomic E-state index is 10.4. The molecule has 1 N–H and O–H groups in total. The van der Waals surface area contributed by atoms with E-state index in [1.54, 1.807) is 19.1 Å². The van der Waals surface area contributed by atoms with Crippen LogP contribution in [0, 0.1) is 5.92 Å². The number of rotatable bonds is 1. The summed E-state index contributed by atoms with van der Waals surface area (Å²) >= 11 is 0. The lowest BCUT2D eigenvalue weighted by Crippen LogP contribution is -2.35. The van der Waals surface area contributed by atoms with Gasteiger partial charge in [0.2, 0.25) is 0 Å². The average molecular weight is 138 g/mol. The third kappa shape index (κ3) is 1.02. The van der Waals surface area contributed by atoms with Crippen molar-refractivity contribution in [1.82, 2.24) is 0 Å². The highest BCUT2D eigenvalue weighted by Crippen LogP contribution is 2.21. The minimum Gasteiger partial charge on any atom is -0.378 e. The Morgan fingerprint density at radius 2 is 2.30 bits per heavy atom. The molecule has 2 atom stereocenters. The zero-order valence-corrected chi connectivity index (χ0v) is 5.82. The molecule has 2 nitrogen and oxygen atoms in total. The van der Waals surface area contributed by atoms with Crippen molar-refractivity contribution in [2.24, 2.45) is 5.92 Å². The van der Waals surface area contributed by atoms with Gasteiger partial charge in [0.25, 0.3) is 0 Å². The third-order valence-corrected chi connectivity index (χ3v) is 1.79. The molecule has 0 aliphatic heterocycles. The van der Waals surface area contributed by atoms with E-state index in [0.717, 1.165) is 0 Å². The third-order valence-electron chi connectivity index (χ3n) is 1.79. The van der Waals surface area contributed by atoms with Crippen LogP contribution in [0.5, 0.6) is 0 Å². The predicted molar refractivity (Wildman–Crippen MR) is 38.5 cm³/mol. The first-order valence-corrected chi connectivity index (χ1v) is 3.24. The lowest BCUT2D eigenvalue weighted by molar-refractivity contribution is -0.122. The maximum atomic E-state index is 10.4. The van der Waals surface area contributed by atoms with Gasteiger partial charge in [0.1, 0.15) is 5.60 Å². The molecular weight excluding hydrogens is 128 g/mol. The molecule has 1 aliphatic rings. The molecule has 54 valence electrons. The van der Waals surface area contributed by atoms with E-state index in [1.807, 2.05) is 6.08 Å². The first-order chi connectivity index (χ1) is 4.69. The SMILES string of the molecule is CC1C=CC=CC1(O)C=O. The Morgan fingerprint density at radius 1 is 1.60 bits per heavy atom. The van der Waals surface area contributed by atoms with E-state index in [-0.39, 0.29) is 5.92 Å². The minimum atomic E-state index is -1.27. The highest BCUT2D eigenvalue weighted by atomic mass is 16.3. The molecule has 0 spiro atoms. The number of aldehydes is 1. The number of carbonyl (C=O) groups excluding carboxylic acids is 1. The van der Waals surface area contributed by atoms with Crippen molar-refractivity contribution in [2.75, 3.05) is 0 Å². The predicted octanol–water partition coefficient (Wildman–Crippen LogP) is 0.679. The fraction of sp³-hybridized carbons (Fsp3) is 0.375. The van der Waals surface area contributed by atoms with E-state index in [0.29, 0.717) is 6.29 Å². The Balaban J connectivity index is 2.87. The topological polar surface area (TPSA) is 37.3 Å². The summed E-state index contributed by atoms with van der Waals surface area (Å²) in [6, 6.07) is 0. The molecule has 0 saturated carbocycles. The van der Waals surface area contributed by atoms with Crippen LogP contribution in [0.15, 0.2) is 24.3 Å². The Kier molecular flexibility index (Phi) is 1.72. The number of hydrogen-bond acceptors (Lipinski definition) is 2. The minimum absolute atomic E-state index is 0.116. The highest BCUT2D eigenvalue weighted by molar-refractivity contribution is 5.67. The largest absolute Gasteiger partial charge is 0.378 e. The quantitative estimate of drug-likeness (QED) is 0.541. The van der Waals surface area contributed by atoms with Gasteiger partial charge in [0.05, 0.1) is 0 Å². The van der Waals surface area contributed by atoms with Crippen LogP contribution >= 0.6 is 0 Å². The van der Waals surface area contributed by atoms with E-state index in [1.165, 1.54) is 6.08 Å². The summed E-state index contributed by atoms with van der Waals surface area (Å²) in [5.41, 5.74) is -1.27. The van der Waals surface area contributed by atoms with Crippen LogP contribution in [-0.4, -0.2) is 17.0 Å². The van der Waals surface area contributed by atoms with Gasteiger partial charge in [-0.05, 0) is 6.08 Å². The first-order valence-electron chi connectivity index (χ1n) is 3.24. The molecule has 0 heterocycles. The molecule has 0 radical (unpaired) electrons. The Bertz CT molecular complexity index is 193. The summed E-state index contributed by atoms with van der Waals surface area (Å²) in [7, 11) is 0. The molecule has 1 rings (SSSR count). The van der Waals surface area contributed by atoms with Crippen LogP contribution < -0.4 is 0 Å². The molecule has 2 heteroatoms. The molecular formula is C8H10O2. The van der Waals surface area contributed by atoms with Crippen molar-refractivity contribution in [2.45, 2.75) is 12.5 Å². The average Bonchev–Trinajstić information content (AvgIpc) is 1.96. The molecule has 0 bridgehead atoms. The van der Waals surface area contributed by atoms with E-state index in [4.69, 9.17) is 0 Å². The zero-order valence-electron chi connectivity index (χ0n) is 5.82. The monoisotopic (exact) mass is 138 g/mol. The Hall–Kier alpha value is -0.890. The molecule has 2 unspecified atom stereocenters. The zero-order chi connectivity index (χ0) is 7.61. The van der Waals surface area contributed by atoms with Crippen LogP contribution in [0.1, 0.15) is 6.92 Å². The first kappa shape index (κ1) is 7.22. The van der Waals surface area contributed by atoms with Crippen molar-refractivity contribution in [3.05, 3.63) is 24.3 Å². The standard InChI is InChI=1S/C8H10O2/c1-7-4-2-3-5-8(7,10)6-9/h2-7,10H,1H3. The van der Waals surface area contributed by atoms with Crippen molar-refractivity contribution >= 4 is 6.29 Å². The Labute approximate surface area is 59.9 Å². The van der Waals surface area contributed by atoms with Gasteiger partial charge in [0, 0.05) is 5.92 Å². The summed E-state index contributed by atoms with van der Waals surface area (Å²) in [5, 5.41) is 9.44. The second kappa shape index (κ2) is 2.39. The maximum Gasteiger partial charge on any atom is 0.156 e. The molecule has 0 aromatic carbocycles. The summed E-state index contributed by atoms with van der Waals surface area (Å²) in [5.74, 6) is -0.116. The van der Waals surface area contributed by atoms with E-state index >= 15 is 0 Å². The molecule has 0 amide bonds. The van der Waals surface area contributed by atoms with Crippen molar-refractivity contribution in [3.8, 4) is 0 Å². The van der Waals surface area contributed by atoms with Gasteiger partial charge < -0.3 is 5.11 Å². The van der Waals surface area contributed by atoms with E-state index in [9.17, 15) is 9.90 Å². The lowest BCUT2D eigenvalue weighted by Gasteiger charge is -2.24. The van der Waals surface area contributed by atoms with Crippen molar-refractivity contribution in [1.29, 1.82) is 0 Å². The van der Waals surface area contributed by atoms with Crippen LogP contribution in [0.25, 0.3) is 0 Å². The van der Waals surface area contributed by atoms with Crippen LogP contribution in [-0.2, 0) is 4.79 Å².